The molecule has 0 aliphatic carbocycles. The first kappa shape index (κ1) is 18.4. The Morgan fingerprint density at radius 2 is 1.64 bits per heavy atom. The molecule has 2 rings (SSSR count). The van der Waals surface area contributed by atoms with Crippen LogP contribution in [-0.4, -0.2) is 45.2 Å². The topological polar surface area (TPSA) is 99.0 Å². The standard InChI is InChI=1S/C16H16N2O6S/c1-17(2)14-11(9-5-7-10(8-6-9)18(21)22)12(15(19)23-3)13(25-14)16(20)24-4/h5-8H,1-4H3. The van der Waals surface area contributed by atoms with Crippen LogP contribution in [0.3, 0.4) is 0 Å². The number of esters is 2. The molecule has 0 aliphatic rings. The van der Waals surface area contributed by atoms with E-state index in [9.17, 15) is 19.7 Å². The van der Waals surface area contributed by atoms with Crippen molar-refractivity contribution in [3.05, 3.63) is 44.8 Å². The minimum absolute atomic E-state index is 0.0711. The molecular formula is C16H16N2O6S. The Morgan fingerprint density at radius 1 is 1.08 bits per heavy atom. The second kappa shape index (κ2) is 7.31. The first-order valence-corrected chi connectivity index (χ1v) is 7.89. The van der Waals surface area contributed by atoms with Gasteiger partial charge in [0.05, 0.1) is 24.7 Å². The SMILES string of the molecule is COC(=O)c1sc(N(C)C)c(-c2ccc([N+](=O)[O-])cc2)c1C(=O)OC. The number of hydrogen-bond acceptors (Lipinski definition) is 8. The lowest BCUT2D eigenvalue weighted by atomic mass is 10.0. The summed E-state index contributed by atoms with van der Waals surface area (Å²) >= 11 is 1.09. The predicted molar refractivity (Wildman–Crippen MR) is 93.4 cm³/mol. The summed E-state index contributed by atoms with van der Waals surface area (Å²) in [4.78, 5) is 36.6. The Bertz CT molecular complexity index is 826. The number of carbonyl (C=O) groups is 2. The summed E-state index contributed by atoms with van der Waals surface area (Å²) in [5.74, 6) is -1.33. The van der Waals surface area contributed by atoms with Gasteiger partial charge >= 0.3 is 11.9 Å². The number of anilines is 1. The average Bonchev–Trinajstić information content (AvgIpc) is 3.01. The predicted octanol–water partition coefficient (Wildman–Crippen LogP) is 2.96. The molecular weight excluding hydrogens is 348 g/mol. The molecule has 1 aromatic carbocycles. The normalized spacial score (nSPS) is 10.2. The van der Waals surface area contributed by atoms with Crippen LogP contribution in [0.25, 0.3) is 11.1 Å². The number of nitrogens with zero attached hydrogens (tertiary/aromatic N) is 2. The molecule has 1 heterocycles. The van der Waals surface area contributed by atoms with Gasteiger partial charge in [0.2, 0.25) is 0 Å². The molecule has 0 saturated carbocycles. The van der Waals surface area contributed by atoms with Crippen molar-refractivity contribution in [3.8, 4) is 11.1 Å². The van der Waals surface area contributed by atoms with E-state index in [1.165, 1.54) is 38.5 Å². The van der Waals surface area contributed by atoms with Crippen LogP contribution in [0.2, 0.25) is 0 Å². The van der Waals surface area contributed by atoms with E-state index in [4.69, 9.17) is 9.47 Å². The summed E-state index contributed by atoms with van der Waals surface area (Å²) < 4.78 is 9.58. The van der Waals surface area contributed by atoms with Crippen LogP contribution in [0.15, 0.2) is 24.3 Å². The van der Waals surface area contributed by atoms with Gasteiger partial charge in [-0.2, -0.15) is 0 Å². The summed E-state index contributed by atoms with van der Waals surface area (Å²) in [5.41, 5.74) is 1.04. The zero-order chi connectivity index (χ0) is 18.7. The van der Waals surface area contributed by atoms with Crippen LogP contribution < -0.4 is 4.90 Å². The molecule has 132 valence electrons. The van der Waals surface area contributed by atoms with Gasteiger partial charge < -0.3 is 14.4 Å². The van der Waals surface area contributed by atoms with Crippen LogP contribution in [-0.2, 0) is 9.47 Å². The first-order valence-electron chi connectivity index (χ1n) is 7.07. The van der Waals surface area contributed by atoms with E-state index in [0.29, 0.717) is 16.1 Å². The van der Waals surface area contributed by atoms with E-state index in [1.807, 2.05) is 0 Å². The summed E-state index contributed by atoms with van der Waals surface area (Å²) in [6.45, 7) is 0. The van der Waals surface area contributed by atoms with Crippen molar-refractivity contribution in [2.24, 2.45) is 0 Å². The van der Waals surface area contributed by atoms with Crippen LogP contribution >= 0.6 is 11.3 Å². The maximum Gasteiger partial charge on any atom is 0.349 e. The van der Waals surface area contributed by atoms with Gasteiger partial charge in [0.1, 0.15) is 9.88 Å². The number of ether oxygens (including phenoxy) is 2. The Kier molecular flexibility index (Phi) is 5.38. The van der Waals surface area contributed by atoms with Crippen molar-refractivity contribution in [1.82, 2.24) is 0 Å². The number of nitro groups is 1. The highest BCUT2D eigenvalue weighted by Crippen LogP contribution is 2.43. The zero-order valence-corrected chi connectivity index (χ0v) is 14.9. The molecule has 8 nitrogen and oxygen atoms in total. The highest BCUT2D eigenvalue weighted by molar-refractivity contribution is 7.19. The minimum atomic E-state index is -0.682. The second-order valence-electron chi connectivity index (χ2n) is 5.17. The molecule has 0 amide bonds. The summed E-state index contributed by atoms with van der Waals surface area (Å²) in [6, 6.07) is 5.73. The van der Waals surface area contributed by atoms with Crippen LogP contribution in [0, 0.1) is 10.1 Å². The Hall–Kier alpha value is -2.94. The molecule has 0 bridgehead atoms. The number of methoxy groups -OCH3 is 2. The van der Waals surface area contributed by atoms with E-state index < -0.39 is 16.9 Å². The fourth-order valence-electron chi connectivity index (χ4n) is 2.28. The fourth-order valence-corrected chi connectivity index (χ4v) is 3.44. The van der Waals surface area contributed by atoms with Gasteiger partial charge in [0.15, 0.2) is 0 Å². The molecule has 9 heteroatoms. The van der Waals surface area contributed by atoms with Gasteiger partial charge in [-0.25, -0.2) is 9.59 Å². The van der Waals surface area contributed by atoms with Crippen molar-refractivity contribution < 1.29 is 24.0 Å². The number of benzene rings is 1. The zero-order valence-electron chi connectivity index (χ0n) is 14.1. The summed E-state index contributed by atoms with van der Waals surface area (Å²) in [5, 5.41) is 11.5. The minimum Gasteiger partial charge on any atom is -0.465 e. The maximum atomic E-state index is 12.3. The van der Waals surface area contributed by atoms with Crippen molar-refractivity contribution in [2.75, 3.05) is 33.2 Å². The highest BCUT2D eigenvalue weighted by atomic mass is 32.1. The van der Waals surface area contributed by atoms with E-state index in [-0.39, 0.29) is 16.1 Å². The summed E-state index contributed by atoms with van der Waals surface area (Å²) in [6.07, 6.45) is 0. The maximum absolute atomic E-state index is 12.3. The fraction of sp³-hybridized carbons (Fsp3) is 0.250. The van der Waals surface area contributed by atoms with Gasteiger partial charge in [-0.3, -0.25) is 10.1 Å². The third-order valence-electron chi connectivity index (χ3n) is 3.42. The molecule has 0 spiro atoms. The third-order valence-corrected chi connectivity index (χ3v) is 4.76. The molecule has 0 aliphatic heterocycles. The lowest BCUT2D eigenvalue weighted by Crippen LogP contribution is -2.11. The third kappa shape index (κ3) is 3.45. The van der Waals surface area contributed by atoms with Crippen molar-refractivity contribution in [1.29, 1.82) is 0 Å². The van der Waals surface area contributed by atoms with Gasteiger partial charge in [-0.05, 0) is 17.7 Å². The number of hydrogen-bond donors (Lipinski definition) is 0. The largest absolute Gasteiger partial charge is 0.465 e. The van der Waals surface area contributed by atoms with E-state index in [1.54, 1.807) is 19.0 Å². The number of rotatable bonds is 5. The quantitative estimate of drug-likeness (QED) is 0.457. The second-order valence-corrected chi connectivity index (χ2v) is 6.17. The molecule has 1 aromatic heterocycles. The Balaban J connectivity index is 2.76. The molecule has 0 fully saturated rings. The Labute approximate surface area is 147 Å². The summed E-state index contributed by atoms with van der Waals surface area (Å²) in [7, 11) is 5.98. The molecule has 0 radical (unpaired) electrons. The highest BCUT2D eigenvalue weighted by Gasteiger charge is 2.30. The number of non-ortho nitro benzene ring substituents is 1. The smallest absolute Gasteiger partial charge is 0.349 e. The van der Waals surface area contributed by atoms with Gasteiger partial charge in [-0.15, -0.1) is 11.3 Å². The average molecular weight is 364 g/mol. The molecule has 0 N–H and O–H groups in total. The lowest BCUT2D eigenvalue weighted by Gasteiger charge is -2.13. The lowest BCUT2D eigenvalue weighted by molar-refractivity contribution is -0.384. The van der Waals surface area contributed by atoms with Crippen molar-refractivity contribution in [2.45, 2.75) is 0 Å². The first-order chi connectivity index (χ1) is 11.8. The van der Waals surface area contributed by atoms with Gasteiger partial charge in [0, 0.05) is 31.8 Å². The molecule has 0 saturated heterocycles. The molecule has 25 heavy (non-hydrogen) atoms. The molecule has 2 aromatic rings. The number of nitro benzene ring substituents is 1. The number of carbonyl (C=O) groups excluding carboxylic acids is 2. The number of thiophene rings is 1. The van der Waals surface area contributed by atoms with Gasteiger partial charge in [0.25, 0.3) is 5.69 Å². The van der Waals surface area contributed by atoms with Crippen molar-refractivity contribution in [3.63, 3.8) is 0 Å². The van der Waals surface area contributed by atoms with Crippen LogP contribution in [0.1, 0.15) is 20.0 Å². The van der Waals surface area contributed by atoms with E-state index in [0.717, 1.165) is 11.3 Å². The van der Waals surface area contributed by atoms with Crippen LogP contribution in [0.4, 0.5) is 10.7 Å². The van der Waals surface area contributed by atoms with E-state index >= 15 is 0 Å². The molecule has 0 atom stereocenters. The van der Waals surface area contributed by atoms with Gasteiger partial charge in [-0.1, -0.05) is 0 Å². The molecule has 0 unspecified atom stereocenters. The Morgan fingerprint density at radius 3 is 2.08 bits per heavy atom. The monoisotopic (exact) mass is 364 g/mol. The van der Waals surface area contributed by atoms with Crippen LogP contribution in [0.5, 0.6) is 0 Å². The van der Waals surface area contributed by atoms with Crippen molar-refractivity contribution >= 4 is 34.0 Å². The van der Waals surface area contributed by atoms with E-state index in [2.05, 4.69) is 0 Å².